The van der Waals surface area contributed by atoms with Gasteiger partial charge < -0.3 is 29.9 Å². The minimum atomic E-state index is -1.02. The fourth-order valence-electron chi connectivity index (χ4n) is 4.75. The molecule has 9 heteroatoms. The maximum atomic E-state index is 12.3. The fourth-order valence-corrected chi connectivity index (χ4v) is 4.75. The van der Waals surface area contributed by atoms with Gasteiger partial charge in [0.05, 0.1) is 31.7 Å². The van der Waals surface area contributed by atoms with Crippen LogP contribution in [0.25, 0.3) is 11.1 Å². The van der Waals surface area contributed by atoms with E-state index in [1.165, 1.54) is 4.90 Å². The molecule has 186 valence electrons. The van der Waals surface area contributed by atoms with E-state index in [9.17, 15) is 19.5 Å². The third-order valence-corrected chi connectivity index (χ3v) is 6.45. The third kappa shape index (κ3) is 5.98. The summed E-state index contributed by atoms with van der Waals surface area (Å²) in [5.41, 5.74) is 4.62. The van der Waals surface area contributed by atoms with Crippen LogP contribution in [0.4, 0.5) is 4.79 Å². The smallest absolute Gasteiger partial charge is 0.407 e. The zero-order valence-corrected chi connectivity index (χ0v) is 19.4. The molecule has 0 bridgehead atoms. The number of hydrogen-bond acceptors (Lipinski definition) is 6. The number of nitrogens with zero attached hydrogens (tertiary/aromatic N) is 1. The second-order valence-electron chi connectivity index (χ2n) is 8.84. The summed E-state index contributed by atoms with van der Waals surface area (Å²) in [5.74, 6) is -2.05. The van der Waals surface area contributed by atoms with E-state index >= 15 is 0 Å². The zero-order chi connectivity index (χ0) is 24.8. The third-order valence-electron chi connectivity index (χ3n) is 6.45. The molecule has 1 aliphatic carbocycles. The maximum Gasteiger partial charge on any atom is 0.407 e. The quantitative estimate of drug-likeness (QED) is 0.468. The maximum absolute atomic E-state index is 12.3. The number of alkyl carbamates (subject to hydrolysis) is 1. The fraction of sp³-hybridized carbons (Fsp3) is 0.423. The molecule has 2 amide bonds. The van der Waals surface area contributed by atoms with Gasteiger partial charge in [0.25, 0.3) is 0 Å². The first-order chi connectivity index (χ1) is 16.9. The van der Waals surface area contributed by atoms with Crippen molar-refractivity contribution in [3.8, 4) is 11.1 Å². The number of fused-ring (bicyclic) bond motifs is 3. The molecule has 0 saturated carbocycles. The van der Waals surface area contributed by atoms with E-state index < -0.39 is 24.1 Å². The SMILES string of the molecule is O=C(NCCOCCC(=O)N1CC(O)CC(C(=O)O)C1)OCC1c2ccccc2-c2ccccc21. The number of amides is 2. The second kappa shape index (κ2) is 11.3. The minimum absolute atomic E-state index is 0.00978. The zero-order valence-electron chi connectivity index (χ0n) is 19.4. The van der Waals surface area contributed by atoms with Gasteiger partial charge in [0.15, 0.2) is 0 Å². The number of carboxylic acids is 1. The molecule has 1 heterocycles. The van der Waals surface area contributed by atoms with Gasteiger partial charge in [0, 0.05) is 25.6 Å². The van der Waals surface area contributed by atoms with Gasteiger partial charge in [-0.1, -0.05) is 48.5 Å². The standard InChI is InChI=1S/C26H30N2O7/c29-18-13-17(25(31)32)14-28(15-18)24(30)9-11-34-12-10-27-26(33)35-16-23-21-7-3-1-5-19(21)20-6-2-4-8-22(20)23/h1-8,17-18,23,29H,9-16H2,(H,27,33)(H,31,32). The Morgan fingerprint density at radius 3 is 2.29 bits per heavy atom. The van der Waals surface area contributed by atoms with Crippen molar-refractivity contribution in [3.05, 3.63) is 59.7 Å². The Labute approximate surface area is 203 Å². The molecular weight excluding hydrogens is 452 g/mol. The number of carboxylic acid groups (broad SMARTS) is 1. The summed E-state index contributed by atoms with van der Waals surface area (Å²) in [6, 6.07) is 16.2. The number of aliphatic carboxylic acids is 1. The van der Waals surface area contributed by atoms with E-state index in [1.807, 2.05) is 24.3 Å². The first-order valence-corrected chi connectivity index (χ1v) is 11.8. The molecule has 0 spiro atoms. The van der Waals surface area contributed by atoms with E-state index in [4.69, 9.17) is 14.6 Å². The van der Waals surface area contributed by atoms with Crippen molar-refractivity contribution in [1.29, 1.82) is 0 Å². The van der Waals surface area contributed by atoms with E-state index in [0.717, 1.165) is 22.3 Å². The monoisotopic (exact) mass is 482 g/mol. The van der Waals surface area contributed by atoms with Gasteiger partial charge in [-0.3, -0.25) is 9.59 Å². The molecule has 1 aliphatic heterocycles. The second-order valence-corrected chi connectivity index (χ2v) is 8.84. The molecule has 1 saturated heterocycles. The predicted molar refractivity (Wildman–Crippen MR) is 127 cm³/mol. The van der Waals surface area contributed by atoms with Gasteiger partial charge in [0.2, 0.25) is 5.91 Å². The van der Waals surface area contributed by atoms with E-state index in [-0.39, 0.29) is 64.1 Å². The Bertz CT molecular complexity index is 1030. The Kier molecular flexibility index (Phi) is 7.99. The number of ether oxygens (including phenoxy) is 2. The number of rotatable bonds is 9. The highest BCUT2D eigenvalue weighted by atomic mass is 16.5. The number of aliphatic hydroxyl groups is 1. The summed E-state index contributed by atoms with van der Waals surface area (Å²) in [6.07, 6.45) is -1.15. The highest BCUT2D eigenvalue weighted by Crippen LogP contribution is 2.44. The number of likely N-dealkylation sites (tertiary alicyclic amines) is 1. The number of hydrogen-bond donors (Lipinski definition) is 3. The summed E-state index contributed by atoms with van der Waals surface area (Å²) in [4.78, 5) is 37.0. The molecular formula is C26H30N2O7. The van der Waals surface area contributed by atoms with Crippen molar-refractivity contribution in [3.63, 3.8) is 0 Å². The number of carbonyl (C=O) groups is 3. The van der Waals surface area contributed by atoms with Crippen molar-refractivity contribution < 1.29 is 34.1 Å². The highest BCUT2D eigenvalue weighted by molar-refractivity contribution is 5.79. The largest absolute Gasteiger partial charge is 0.481 e. The lowest BCUT2D eigenvalue weighted by atomic mass is 9.96. The van der Waals surface area contributed by atoms with Crippen LogP contribution in [0, 0.1) is 5.92 Å². The molecule has 35 heavy (non-hydrogen) atoms. The molecule has 4 rings (SSSR count). The molecule has 9 nitrogen and oxygen atoms in total. The molecule has 0 aromatic heterocycles. The molecule has 2 aliphatic rings. The van der Waals surface area contributed by atoms with E-state index in [0.29, 0.717) is 0 Å². The molecule has 3 N–H and O–H groups in total. The van der Waals surface area contributed by atoms with Crippen LogP contribution in [0.3, 0.4) is 0 Å². The number of benzene rings is 2. The van der Waals surface area contributed by atoms with Crippen molar-refractivity contribution in [2.24, 2.45) is 5.92 Å². The molecule has 2 aromatic carbocycles. The van der Waals surface area contributed by atoms with E-state index in [2.05, 4.69) is 29.6 Å². The van der Waals surface area contributed by atoms with Crippen molar-refractivity contribution in [2.45, 2.75) is 24.9 Å². The topological polar surface area (TPSA) is 125 Å². The van der Waals surface area contributed by atoms with Crippen LogP contribution in [-0.2, 0) is 19.1 Å². The Balaban J connectivity index is 1.14. The minimum Gasteiger partial charge on any atom is -0.481 e. The lowest BCUT2D eigenvalue weighted by molar-refractivity contribution is -0.149. The summed E-state index contributed by atoms with van der Waals surface area (Å²) in [7, 11) is 0. The molecule has 0 radical (unpaired) electrons. The first kappa shape index (κ1) is 24.7. The Hall–Kier alpha value is -3.43. The van der Waals surface area contributed by atoms with Gasteiger partial charge >= 0.3 is 12.1 Å². The van der Waals surface area contributed by atoms with E-state index in [1.54, 1.807) is 0 Å². The van der Waals surface area contributed by atoms with Crippen molar-refractivity contribution >= 4 is 18.0 Å². The lowest BCUT2D eigenvalue weighted by Crippen LogP contribution is -2.48. The number of aliphatic hydroxyl groups excluding tert-OH is 1. The summed E-state index contributed by atoms with van der Waals surface area (Å²) in [5, 5.41) is 21.6. The average Bonchev–Trinajstić information content (AvgIpc) is 3.18. The number of carbonyl (C=O) groups excluding carboxylic acids is 2. The van der Waals surface area contributed by atoms with Crippen LogP contribution in [0.1, 0.15) is 29.9 Å². The summed E-state index contributed by atoms with van der Waals surface area (Å²) < 4.78 is 10.9. The van der Waals surface area contributed by atoms with Gasteiger partial charge in [-0.25, -0.2) is 4.79 Å². The highest BCUT2D eigenvalue weighted by Gasteiger charge is 2.32. The molecule has 2 atom stereocenters. The predicted octanol–water partition coefficient (Wildman–Crippen LogP) is 2.23. The van der Waals surface area contributed by atoms with Gasteiger partial charge in [-0.15, -0.1) is 0 Å². The number of piperidine rings is 1. The number of nitrogens with one attached hydrogen (secondary N) is 1. The number of β-amino-alcohol motifs (C(OH)–C–C–N with tert-alkyl or cyclic N) is 1. The first-order valence-electron chi connectivity index (χ1n) is 11.8. The van der Waals surface area contributed by atoms with Crippen LogP contribution in [0.2, 0.25) is 0 Å². The van der Waals surface area contributed by atoms with Crippen LogP contribution in [0.5, 0.6) is 0 Å². The van der Waals surface area contributed by atoms with Gasteiger partial charge in [0.1, 0.15) is 6.61 Å². The Morgan fingerprint density at radius 2 is 1.63 bits per heavy atom. The summed E-state index contributed by atoms with van der Waals surface area (Å²) >= 11 is 0. The summed E-state index contributed by atoms with van der Waals surface area (Å²) in [6.45, 7) is 1.02. The lowest BCUT2D eigenvalue weighted by Gasteiger charge is -2.33. The van der Waals surface area contributed by atoms with Crippen LogP contribution >= 0.6 is 0 Å². The van der Waals surface area contributed by atoms with Gasteiger partial charge in [-0.2, -0.15) is 0 Å². The normalized spacial score (nSPS) is 19.1. The van der Waals surface area contributed by atoms with Crippen molar-refractivity contribution in [2.75, 3.05) is 39.5 Å². The van der Waals surface area contributed by atoms with Gasteiger partial charge in [-0.05, 0) is 28.7 Å². The Morgan fingerprint density at radius 1 is 0.971 bits per heavy atom. The van der Waals surface area contributed by atoms with Crippen molar-refractivity contribution in [1.82, 2.24) is 10.2 Å². The molecule has 1 fully saturated rings. The molecule has 2 unspecified atom stereocenters. The van der Waals surface area contributed by atoms with Crippen LogP contribution in [-0.4, -0.2) is 78.6 Å². The van der Waals surface area contributed by atoms with Crippen LogP contribution < -0.4 is 5.32 Å². The average molecular weight is 483 g/mol. The molecule has 2 aromatic rings. The van der Waals surface area contributed by atoms with Crippen LogP contribution in [0.15, 0.2) is 48.5 Å².